The first-order chi connectivity index (χ1) is 9.58. The van der Waals surface area contributed by atoms with Crippen LogP contribution in [-0.4, -0.2) is 31.2 Å². The highest BCUT2D eigenvalue weighted by atomic mass is 16.6. The lowest BCUT2D eigenvalue weighted by Crippen LogP contribution is -2.07. The standard InChI is InChI=1S/C13H17NO6/c1-3-19-13(15)5-4-8-20-12-9-10(14(16)17)6-7-11(12)18-2/h6-7,9H,3-5,8H2,1-2H3. The summed E-state index contributed by atoms with van der Waals surface area (Å²) in [4.78, 5) is 21.3. The van der Waals surface area contributed by atoms with Gasteiger partial charge in [-0.15, -0.1) is 0 Å². The molecule has 0 saturated carbocycles. The van der Waals surface area contributed by atoms with Crippen molar-refractivity contribution in [1.82, 2.24) is 0 Å². The highest BCUT2D eigenvalue weighted by Crippen LogP contribution is 2.31. The van der Waals surface area contributed by atoms with Gasteiger partial charge in [0.05, 0.1) is 31.3 Å². The normalized spacial score (nSPS) is 9.90. The van der Waals surface area contributed by atoms with Gasteiger partial charge in [0.25, 0.3) is 5.69 Å². The molecule has 0 aliphatic heterocycles. The highest BCUT2D eigenvalue weighted by Gasteiger charge is 2.12. The molecule has 20 heavy (non-hydrogen) atoms. The minimum atomic E-state index is -0.509. The van der Waals surface area contributed by atoms with E-state index in [0.717, 1.165) is 0 Å². The van der Waals surface area contributed by atoms with E-state index in [4.69, 9.17) is 14.2 Å². The number of carbonyl (C=O) groups is 1. The van der Waals surface area contributed by atoms with E-state index in [0.29, 0.717) is 18.8 Å². The van der Waals surface area contributed by atoms with Gasteiger partial charge in [0.15, 0.2) is 11.5 Å². The Morgan fingerprint density at radius 2 is 2.10 bits per heavy atom. The lowest BCUT2D eigenvalue weighted by molar-refractivity contribution is -0.385. The zero-order valence-electron chi connectivity index (χ0n) is 11.5. The number of carbonyl (C=O) groups excluding carboxylic acids is 1. The number of rotatable bonds is 8. The van der Waals surface area contributed by atoms with Crippen LogP contribution in [0.15, 0.2) is 18.2 Å². The van der Waals surface area contributed by atoms with Crippen LogP contribution in [0, 0.1) is 10.1 Å². The third kappa shape index (κ3) is 4.75. The number of nitrogens with zero attached hydrogens (tertiary/aromatic N) is 1. The number of ether oxygens (including phenoxy) is 3. The van der Waals surface area contributed by atoms with Crippen LogP contribution in [0.4, 0.5) is 5.69 Å². The summed E-state index contributed by atoms with van der Waals surface area (Å²) >= 11 is 0. The van der Waals surface area contributed by atoms with E-state index >= 15 is 0 Å². The SMILES string of the molecule is CCOC(=O)CCCOc1cc([N+](=O)[O-])ccc1OC. The smallest absolute Gasteiger partial charge is 0.305 e. The second-order valence-corrected chi connectivity index (χ2v) is 3.85. The van der Waals surface area contributed by atoms with Gasteiger partial charge < -0.3 is 14.2 Å². The molecule has 110 valence electrons. The van der Waals surface area contributed by atoms with Crippen molar-refractivity contribution in [1.29, 1.82) is 0 Å². The Balaban J connectivity index is 2.55. The molecule has 0 aromatic heterocycles. The quantitative estimate of drug-likeness (QED) is 0.315. The van der Waals surface area contributed by atoms with Crippen LogP contribution in [0.3, 0.4) is 0 Å². The fourth-order valence-electron chi connectivity index (χ4n) is 1.52. The maximum Gasteiger partial charge on any atom is 0.305 e. The van der Waals surface area contributed by atoms with E-state index in [1.807, 2.05) is 0 Å². The third-order valence-corrected chi connectivity index (χ3v) is 2.45. The molecule has 0 aliphatic rings. The van der Waals surface area contributed by atoms with Crippen LogP contribution in [0.5, 0.6) is 11.5 Å². The molecular weight excluding hydrogens is 266 g/mol. The van der Waals surface area contributed by atoms with Gasteiger partial charge in [-0.3, -0.25) is 14.9 Å². The van der Waals surface area contributed by atoms with Gasteiger partial charge in [0.2, 0.25) is 0 Å². The molecule has 1 aromatic carbocycles. The minimum absolute atomic E-state index is 0.0776. The van der Waals surface area contributed by atoms with E-state index < -0.39 is 4.92 Å². The van der Waals surface area contributed by atoms with Crippen molar-refractivity contribution < 1.29 is 23.9 Å². The third-order valence-electron chi connectivity index (χ3n) is 2.45. The van der Waals surface area contributed by atoms with Crippen molar-refractivity contribution in [2.24, 2.45) is 0 Å². The molecular formula is C13H17NO6. The fourth-order valence-corrected chi connectivity index (χ4v) is 1.52. The number of nitro groups is 1. The van der Waals surface area contributed by atoms with E-state index in [1.165, 1.54) is 25.3 Å². The lowest BCUT2D eigenvalue weighted by Gasteiger charge is -2.10. The monoisotopic (exact) mass is 283 g/mol. The molecule has 1 rings (SSSR count). The summed E-state index contributed by atoms with van der Waals surface area (Å²) in [6, 6.07) is 4.10. The highest BCUT2D eigenvalue weighted by molar-refractivity contribution is 5.69. The van der Waals surface area contributed by atoms with Gasteiger partial charge in [-0.2, -0.15) is 0 Å². The zero-order chi connectivity index (χ0) is 15.0. The van der Waals surface area contributed by atoms with Crippen molar-refractivity contribution in [3.8, 4) is 11.5 Å². The average Bonchev–Trinajstić information content (AvgIpc) is 2.43. The Bertz CT molecular complexity index is 474. The number of hydrogen-bond acceptors (Lipinski definition) is 6. The summed E-state index contributed by atoms with van der Waals surface area (Å²) in [5.41, 5.74) is -0.0776. The predicted octanol–water partition coefficient (Wildman–Crippen LogP) is 2.33. The Kier molecular flexibility index (Phi) is 6.28. The topological polar surface area (TPSA) is 87.9 Å². The molecule has 0 fully saturated rings. The Labute approximate surface area is 116 Å². The summed E-state index contributed by atoms with van der Waals surface area (Å²) in [5, 5.41) is 10.7. The molecule has 0 saturated heterocycles. The molecule has 7 nitrogen and oxygen atoms in total. The molecule has 0 spiro atoms. The first-order valence-corrected chi connectivity index (χ1v) is 6.19. The first kappa shape index (κ1) is 15.7. The molecule has 0 bridgehead atoms. The molecule has 0 N–H and O–H groups in total. The van der Waals surface area contributed by atoms with Crippen molar-refractivity contribution in [3.63, 3.8) is 0 Å². The number of nitro benzene ring substituents is 1. The summed E-state index contributed by atoms with van der Waals surface area (Å²) in [6.07, 6.45) is 0.704. The first-order valence-electron chi connectivity index (χ1n) is 6.19. The molecule has 0 unspecified atom stereocenters. The molecule has 0 heterocycles. The molecule has 0 aliphatic carbocycles. The van der Waals surface area contributed by atoms with Crippen molar-refractivity contribution in [2.45, 2.75) is 19.8 Å². The Hall–Kier alpha value is -2.31. The fraction of sp³-hybridized carbons (Fsp3) is 0.462. The number of hydrogen-bond donors (Lipinski definition) is 0. The second kappa shape index (κ2) is 7.98. The Morgan fingerprint density at radius 1 is 1.35 bits per heavy atom. The average molecular weight is 283 g/mol. The van der Waals surface area contributed by atoms with Crippen LogP contribution >= 0.6 is 0 Å². The van der Waals surface area contributed by atoms with Crippen LogP contribution in [0.1, 0.15) is 19.8 Å². The van der Waals surface area contributed by atoms with E-state index in [2.05, 4.69) is 0 Å². The van der Waals surface area contributed by atoms with Crippen molar-refractivity contribution >= 4 is 11.7 Å². The van der Waals surface area contributed by atoms with Crippen LogP contribution in [0.2, 0.25) is 0 Å². The number of benzene rings is 1. The van der Waals surface area contributed by atoms with Gasteiger partial charge in [0.1, 0.15) is 0 Å². The predicted molar refractivity (Wildman–Crippen MR) is 71.0 cm³/mol. The molecule has 7 heteroatoms. The van der Waals surface area contributed by atoms with Crippen LogP contribution < -0.4 is 9.47 Å². The van der Waals surface area contributed by atoms with E-state index in [9.17, 15) is 14.9 Å². The maximum absolute atomic E-state index is 11.1. The Morgan fingerprint density at radius 3 is 2.70 bits per heavy atom. The molecule has 0 amide bonds. The van der Waals surface area contributed by atoms with E-state index in [1.54, 1.807) is 6.92 Å². The summed E-state index contributed by atoms with van der Waals surface area (Å²) in [5.74, 6) is 0.402. The van der Waals surface area contributed by atoms with E-state index in [-0.39, 0.29) is 30.4 Å². The van der Waals surface area contributed by atoms with Crippen molar-refractivity contribution in [3.05, 3.63) is 28.3 Å². The zero-order valence-corrected chi connectivity index (χ0v) is 11.5. The summed E-state index contributed by atoms with van der Waals surface area (Å²) < 4.78 is 15.2. The van der Waals surface area contributed by atoms with Crippen LogP contribution in [-0.2, 0) is 9.53 Å². The second-order valence-electron chi connectivity index (χ2n) is 3.85. The summed E-state index contributed by atoms with van der Waals surface area (Å²) in [6.45, 7) is 2.33. The molecule has 0 radical (unpaired) electrons. The lowest BCUT2D eigenvalue weighted by atomic mass is 10.2. The minimum Gasteiger partial charge on any atom is -0.493 e. The van der Waals surface area contributed by atoms with Gasteiger partial charge >= 0.3 is 5.97 Å². The van der Waals surface area contributed by atoms with Gasteiger partial charge in [-0.1, -0.05) is 0 Å². The maximum atomic E-state index is 11.1. The molecule has 1 aromatic rings. The van der Waals surface area contributed by atoms with Crippen molar-refractivity contribution in [2.75, 3.05) is 20.3 Å². The van der Waals surface area contributed by atoms with Gasteiger partial charge in [-0.25, -0.2) is 0 Å². The number of esters is 1. The number of methoxy groups -OCH3 is 1. The number of non-ortho nitro benzene ring substituents is 1. The largest absolute Gasteiger partial charge is 0.493 e. The van der Waals surface area contributed by atoms with Crippen LogP contribution in [0.25, 0.3) is 0 Å². The summed E-state index contributed by atoms with van der Waals surface area (Å²) in [7, 11) is 1.45. The molecule has 0 atom stereocenters. The van der Waals surface area contributed by atoms with Gasteiger partial charge in [0, 0.05) is 12.5 Å². The van der Waals surface area contributed by atoms with Gasteiger partial charge in [-0.05, 0) is 19.4 Å².